The van der Waals surface area contributed by atoms with Gasteiger partial charge in [0.05, 0.1) is 11.8 Å². The molecule has 4 nitrogen and oxygen atoms in total. The molecular formula is C16H23NO3S. The molecule has 3 rings (SSSR count). The minimum atomic E-state index is -0.821. The number of aliphatic carboxylic acids is 1. The quantitative estimate of drug-likeness (QED) is 0.765. The molecule has 2 N–H and O–H groups in total. The SMILES string of the molecule is CCSC1CCC(NC(=O)[C@H]2C3C=CC(C3)[C@H]2C(=O)O)C1. The molecule has 0 saturated heterocycles. The maximum absolute atomic E-state index is 12.6. The van der Waals surface area contributed by atoms with Gasteiger partial charge >= 0.3 is 5.97 Å². The number of nitrogens with one attached hydrogen (secondary N) is 1. The monoisotopic (exact) mass is 309 g/mol. The number of carboxylic acids is 1. The summed E-state index contributed by atoms with van der Waals surface area (Å²) in [4.78, 5) is 24.0. The summed E-state index contributed by atoms with van der Waals surface area (Å²) in [6.45, 7) is 2.16. The summed E-state index contributed by atoms with van der Waals surface area (Å²) in [6, 6.07) is 0.235. The number of fused-ring (bicyclic) bond motifs is 2. The number of allylic oxidation sites excluding steroid dienone is 2. The molecule has 0 spiro atoms. The van der Waals surface area contributed by atoms with Crippen LogP contribution in [-0.2, 0) is 9.59 Å². The largest absolute Gasteiger partial charge is 0.481 e. The van der Waals surface area contributed by atoms with E-state index < -0.39 is 11.9 Å². The second-order valence-corrected chi connectivity index (χ2v) is 8.01. The normalized spacial score (nSPS) is 40.6. The second-order valence-electron chi connectivity index (χ2n) is 6.43. The zero-order valence-corrected chi connectivity index (χ0v) is 13.1. The highest BCUT2D eigenvalue weighted by Crippen LogP contribution is 2.48. The molecule has 2 bridgehead atoms. The number of hydrogen-bond donors (Lipinski definition) is 2. The van der Waals surface area contributed by atoms with Gasteiger partial charge < -0.3 is 10.4 Å². The fourth-order valence-electron chi connectivity index (χ4n) is 4.27. The Balaban J connectivity index is 1.61. The molecule has 0 aliphatic heterocycles. The minimum absolute atomic E-state index is 0.0357. The second kappa shape index (κ2) is 6.03. The zero-order valence-electron chi connectivity index (χ0n) is 12.3. The van der Waals surface area contributed by atoms with Crippen LogP contribution in [0.3, 0.4) is 0 Å². The van der Waals surface area contributed by atoms with Gasteiger partial charge in [-0.05, 0) is 43.3 Å². The molecule has 2 saturated carbocycles. The van der Waals surface area contributed by atoms with Crippen LogP contribution in [0.2, 0.25) is 0 Å². The van der Waals surface area contributed by atoms with E-state index in [-0.39, 0.29) is 29.7 Å². The third kappa shape index (κ3) is 2.85. The van der Waals surface area contributed by atoms with Crippen LogP contribution in [0.25, 0.3) is 0 Å². The molecule has 5 heteroatoms. The first-order chi connectivity index (χ1) is 10.1. The number of carbonyl (C=O) groups excluding carboxylic acids is 1. The Bertz CT molecular complexity index is 464. The Morgan fingerprint density at radius 3 is 2.57 bits per heavy atom. The van der Waals surface area contributed by atoms with Crippen molar-refractivity contribution in [3.63, 3.8) is 0 Å². The standard InChI is InChI=1S/C16H23NO3S/c1-2-21-12-6-5-11(8-12)17-15(18)13-9-3-4-10(7-9)14(13)16(19)20/h3-4,9-14H,2,5-8H2,1H3,(H,17,18)(H,19,20)/t9?,10?,11?,12?,13-,14+/m0/s1. The molecule has 0 aromatic carbocycles. The van der Waals surface area contributed by atoms with Crippen molar-refractivity contribution in [2.24, 2.45) is 23.7 Å². The first-order valence-corrected chi connectivity index (χ1v) is 8.98. The van der Waals surface area contributed by atoms with Gasteiger partial charge in [0.2, 0.25) is 5.91 Å². The highest BCUT2D eigenvalue weighted by Gasteiger charge is 2.51. The van der Waals surface area contributed by atoms with Gasteiger partial charge in [-0.2, -0.15) is 11.8 Å². The molecule has 0 heterocycles. The summed E-state index contributed by atoms with van der Waals surface area (Å²) in [7, 11) is 0. The van der Waals surface area contributed by atoms with Crippen LogP contribution in [0.4, 0.5) is 0 Å². The Morgan fingerprint density at radius 2 is 1.90 bits per heavy atom. The van der Waals surface area contributed by atoms with Crippen molar-refractivity contribution in [2.45, 2.75) is 43.9 Å². The smallest absolute Gasteiger partial charge is 0.307 e. The van der Waals surface area contributed by atoms with Crippen LogP contribution < -0.4 is 5.32 Å². The predicted octanol–water partition coefficient (Wildman–Crippen LogP) is 2.30. The van der Waals surface area contributed by atoms with Gasteiger partial charge in [0.1, 0.15) is 0 Å². The number of rotatable bonds is 5. The van der Waals surface area contributed by atoms with E-state index in [1.165, 1.54) is 0 Å². The van der Waals surface area contributed by atoms with Gasteiger partial charge in [-0.15, -0.1) is 0 Å². The summed E-state index contributed by atoms with van der Waals surface area (Å²) in [5.74, 6) is -0.459. The van der Waals surface area contributed by atoms with Crippen molar-refractivity contribution in [3.05, 3.63) is 12.2 Å². The van der Waals surface area contributed by atoms with Crippen LogP contribution >= 0.6 is 11.8 Å². The lowest BCUT2D eigenvalue weighted by atomic mass is 9.82. The van der Waals surface area contributed by atoms with Crippen LogP contribution in [-0.4, -0.2) is 34.0 Å². The van der Waals surface area contributed by atoms with Crippen LogP contribution in [0.15, 0.2) is 12.2 Å². The molecule has 3 aliphatic rings. The van der Waals surface area contributed by atoms with Crippen LogP contribution in [0, 0.1) is 23.7 Å². The van der Waals surface area contributed by atoms with Gasteiger partial charge in [0.25, 0.3) is 0 Å². The van der Waals surface area contributed by atoms with Gasteiger partial charge in [-0.3, -0.25) is 9.59 Å². The fourth-order valence-corrected chi connectivity index (χ4v) is 5.41. The van der Waals surface area contributed by atoms with E-state index in [1.807, 2.05) is 23.9 Å². The Kier molecular flexibility index (Phi) is 4.29. The molecule has 0 aromatic heterocycles. The van der Waals surface area contributed by atoms with Crippen LogP contribution in [0.5, 0.6) is 0 Å². The molecule has 21 heavy (non-hydrogen) atoms. The van der Waals surface area contributed by atoms with Crippen molar-refractivity contribution < 1.29 is 14.7 Å². The first-order valence-electron chi connectivity index (χ1n) is 7.93. The summed E-state index contributed by atoms with van der Waals surface area (Å²) < 4.78 is 0. The van der Waals surface area contributed by atoms with E-state index in [0.29, 0.717) is 5.25 Å². The Hall–Kier alpha value is -0.970. The van der Waals surface area contributed by atoms with E-state index in [9.17, 15) is 14.7 Å². The van der Waals surface area contributed by atoms with E-state index in [4.69, 9.17) is 0 Å². The molecular weight excluding hydrogens is 286 g/mol. The van der Waals surface area contributed by atoms with Crippen molar-refractivity contribution in [2.75, 3.05) is 5.75 Å². The molecule has 0 radical (unpaired) electrons. The molecule has 4 unspecified atom stereocenters. The Morgan fingerprint density at radius 1 is 1.19 bits per heavy atom. The summed E-state index contributed by atoms with van der Waals surface area (Å²) >= 11 is 1.96. The number of thioether (sulfide) groups is 1. The number of amides is 1. The molecule has 3 aliphatic carbocycles. The van der Waals surface area contributed by atoms with Gasteiger partial charge in [0, 0.05) is 11.3 Å². The van der Waals surface area contributed by atoms with E-state index in [2.05, 4.69) is 12.2 Å². The number of hydrogen-bond acceptors (Lipinski definition) is 3. The van der Waals surface area contributed by atoms with Gasteiger partial charge in [-0.1, -0.05) is 19.1 Å². The lowest BCUT2D eigenvalue weighted by molar-refractivity contribution is -0.148. The average Bonchev–Trinajstić information content (AvgIpc) is 3.13. The van der Waals surface area contributed by atoms with E-state index >= 15 is 0 Å². The third-order valence-electron chi connectivity index (χ3n) is 5.18. The summed E-state index contributed by atoms with van der Waals surface area (Å²) in [6.07, 6.45) is 8.06. The maximum Gasteiger partial charge on any atom is 0.307 e. The van der Waals surface area contributed by atoms with E-state index in [1.54, 1.807) is 0 Å². The van der Waals surface area contributed by atoms with Gasteiger partial charge in [-0.25, -0.2) is 0 Å². The summed E-state index contributed by atoms with van der Waals surface area (Å²) in [5.41, 5.74) is 0. The van der Waals surface area contributed by atoms with Crippen molar-refractivity contribution in [3.8, 4) is 0 Å². The summed E-state index contributed by atoms with van der Waals surface area (Å²) in [5, 5.41) is 13.2. The van der Waals surface area contributed by atoms with Crippen molar-refractivity contribution in [1.82, 2.24) is 5.32 Å². The lowest BCUT2D eigenvalue weighted by Crippen LogP contribution is -2.43. The fraction of sp³-hybridized carbons (Fsp3) is 0.750. The van der Waals surface area contributed by atoms with Crippen molar-refractivity contribution in [1.29, 1.82) is 0 Å². The lowest BCUT2D eigenvalue weighted by Gasteiger charge is -2.25. The topological polar surface area (TPSA) is 66.4 Å². The highest BCUT2D eigenvalue weighted by molar-refractivity contribution is 7.99. The predicted molar refractivity (Wildman–Crippen MR) is 83.1 cm³/mol. The molecule has 2 fully saturated rings. The number of carboxylic acid groups (broad SMARTS) is 1. The van der Waals surface area contributed by atoms with Crippen LogP contribution in [0.1, 0.15) is 32.6 Å². The molecule has 0 aromatic rings. The third-order valence-corrected chi connectivity index (χ3v) is 6.41. The van der Waals surface area contributed by atoms with Crippen molar-refractivity contribution >= 4 is 23.6 Å². The minimum Gasteiger partial charge on any atom is -0.481 e. The van der Waals surface area contributed by atoms with Gasteiger partial charge in [0.15, 0.2) is 0 Å². The number of carbonyl (C=O) groups is 2. The highest BCUT2D eigenvalue weighted by atomic mass is 32.2. The maximum atomic E-state index is 12.6. The molecule has 6 atom stereocenters. The van der Waals surface area contributed by atoms with E-state index in [0.717, 1.165) is 31.4 Å². The Labute approximate surface area is 129 Å². The zero-order chi connectivity index (χ0) is 15.0. The molecule has 1 amide bonds. The molecule has 116 valence electrons. The first kappa shape index (κ1) is 14.9. The average molecular weight is 309 g/mol.